The number of benzene rings is 2. The number of nitrogens with one attached hydrogen (secondary N) is 1. The summed E-state index contributed by atoms with van der Waals surface area (Å²) < 4.78 is 16.6. The van der Waals surface area contributed by atoms with E-state index in [0.717, 1.165) is 40.4 Å². The van der Waals surface area contributed by atoms with E-state index in [1.54, 1.807) is 26.6 Å². The van der Waals surface area contributed by atoms with Crippen LogP contribution in [0.2, 0.25) is 0 Å². The van der Waals surface area contributed by atoms with E-state index in [9.17, 15) is 4.79 Å². The SMILES string of the molecule is COc1cc2cc3c(c(-c4cnc(NCCC5=CCCCC5)nc4)c2cc1OC)C(=O)OC3C. The molecule has 34 heavy (non-hydrogen) atoms. The van der Waals surface area contributed by atoms with Crippen LogP contribution in [0.1, 0.15) is 61.1 Å². The maximum atomic E-state index is 12.8. The third-order valence-electron chi connectivity index (χ3n) is 6.66. The van der Waals surface area contributed by atoms with E-state index in [-0.39, 0.29) is 12.1 Å². The molecule has 2 aromatic carbocycles. The number of cyclic esters (lactones) is 1. The Bertz CT molecular complexity index is 1270. The fraction of sp³-hybridized carbons (Fsp3) is 0.370. The summed E-state index contributed by atoms with van der Waals surface area (Å²) in [6.07, 6.45) is 11.5. The van der Waals surface area contributed by atoms with Gasteiger partial charge in [0.1, 0.15) is 6.10 Å². The minimum absolute atomic E-state index is 0.324. The lowest BCUT2D eigenvalue weighted by Gasteiger charge is -2.15. The van der Waals surface area contributed by atoms with Gasteiger partial charge in [-0.3, -0.25) is 0 Å². The fourth-order valence-corrected chi connectivity index (χ4v) is 4.89. The molecule has 0 spiro atoms. The number of hydrogen-bond acceptors (Lipinski definition) is 7. The van der Waals surface area contributed by atoms with E-state index in [4.69, 9.17) is 14.2 Å². The zero-order valence-corrected chi connectivity index (χ0v) is 19.8. The largest absolute Gasteiger partial charge is 0.493 e. The highest BCUT2D eigenvalue weighted by molar-refractivity contribution is 6.11. The second kappa shape index (κ2) is 9.33. The lowest BCUT2D eigenvalue weighted by atomic mass is 9.90. The van der Waals surface area contributed by atoms with Gasteiger partial charge in [0.05, 0.1) is 19.8 Å². The molecule has 0 saturated heterocycles. The molecule has 7 nitrogen and oxygen atoms in total. The molecule has 5 rings (SSSR count). The Morgan fingerprint density at radius 3 is 2.53 bits per heavy atom. The van der Waals surface area contributed by atoms with Gasteiger partial charge in [-0.1, -0.05) is 11.6 Å². The van der Waals surface area contributed by atoms with Crippen LogP contribution in [-0.2, 0) is 4.74 Å². The first-order chi connectivity index (χ1) is 16.6. The van der Waals surface area contributed by atoms with Gasteiger partial charge >= 0.3 is 5.97 Å². The minimum Gasteiger partial charge on any atom is -0.493 e. The smallest absolute Gasteiger partial charge is 0.339 e. The van der Waals surface area contributed by atoms with Crippen molar-refractivity contribution in [3.63, 3.8) is 0 Å². The molecule has 0 fully saturated rings. The van der Waals surface area contributed by atoms with Crippen molar-refractivity contribution in [3.8, 4) is 22.6 Å². The number of methoxy groups -OCH3 is 2. The molecule has 0 amide bonds. The number of fused-ring (bicyclic) bond motifs is 2. The van der Waals surface area contributed by atoms with Gasteiger partial charge in [0, 0.05) is 35.6 Å². The van der Waals surface area contributed by atoms with Crippen LogP contribution >= 0.6 is 0 Å². The average molecular weight is 460 g/mol. The van der Waals surface area contributed by atoms with Crippen LogP contribution in [-0.4, -0.2) is 36.7 Å². The number of carbonyl (C=O) groups is 1. The molecular weight excluding hydrogens is 430 g/mol. The zero-order chi connectivity index (χ0) is 23.7. The molecule has 1 unspecified atom stereocenters. The number of nitrogens with zero attached hydrogens (tertiary/aromatic N) is 2. The third kappa shape index (κ3) is 4.06. The average Bonchev–Trinajstić information content (AvgIpc) is 3.15. The van der Waals surface area contributed by atoms with Crippen molar-refractivity contribution in [2.24, 2.45) is 0 Å². The Hall–Kier alpha value is -3.61. The predicted molar refractivity (Wildman–Crippen MR) is 132 cm³/mol. The van der Waals surface area contributed by atoms with Crippen LogP contribution in [0.25, 0.3) is 21.9 Å². The second-order valence-corrected chi connectivity index (χ2v) is 8.77. The standard InChI is InChI=1S/C27H29N3O4/c1-16-20-11-18-12-22(32-2)23(33-3)13-21(18)24(25(20)26(31)34-16)19-14-29-27(30-15-19)28-10-9-17-7-5-4-6-8-17/h7,11-16H,4-6,8-10H2,1-3H3,(H,28,29,30). The number of aromatic nitrogens is 2. The molecule has 0 saturated carbocycles. The lowest BCUT2D eigenvalue weighted by Crippen LogP contribution is -2.07. The summed E-state index contributed by atoms with van der Waals surface area (Å²) in [4.78, 5) is 21.9. The number of allylic oxidation sites excluding steroid dienone is 1. The Morgan fingerprint density at radius 1 is 1.06 bits per heavy atom. The summed E-state index contributed by atoms with van der Waals surface area (Å²) in [5.74, 6) is 1.46. The quantitative estimate of drug-likeness (QED) is 0.351. The van der Waals surface area contributed by atoms with E-state index < -0.39 is 0 Å². The van der Waals surface area contributed by atoms with E-state index in [2.05, 4.69) is 21.4 Å². The van der Waals surface area contributed by atoms with Crippen molar-refractivity contribution in [3.05, 3.63) is 53.4 Å². The second-order valence-electron chi connectivity index (χ2n) is 8.77. The molecule has 2 heterocycles. The first kappa shape index (κ1) is 22.2. The topological polar surface area (TPSA) is 82.6 Å². The van der Waals surface area contributed by atoms with Crippen LogP contribution in [0.4, 0.5) is 5.95 Å². The fourth-order valence-electron chi connectivity index (χ4n) is 4.89. The molecule has 7 heteroatoms. The number of hydrogen-bond donors (Lipinski definition) is 1. The normalized spacial score (nSPS) is 17.2. The highest BCUT2D eigenvalue weighted by Gasteiger charge is 2.33. The predicted octanol–water partition coefficient (Wildman–Crippen LogP) is 5.85. The van der Waals surface area contributed by atoms with Gasteiger partial charge in [0.25, 0.3) is 0 Å². The summed E-state index contributed by atoms with van der Waals surface area (Å²) in [5, 5.41) is 5.11. The molecule has 1 aromatic heterocycles. The van der Waals surface area contributed by atoms with E-state index in [1.165, 1.54) is 31.3 Å². The van der Waals surface area contributed by atoms with E-state index in [1.807, 2.05) is 25.1 Å². The molecule has 1 atom stereocenters. The summed E-state index contributed by atoms with van der Waals surface area (Å²) in [7, 11) is 3.21. The number of rotatable bonds is 7. The van der Waals surface area contributed by atoms with Crippen molar-refractivity contribution in [2.75, 3.05) is 26.1 Å². The Labute approximate surface area is 199 Å². The molecular formula is C27H29N3O4. The van der Waals surface area contributed by atoms with E-state index >= 15 is 0 Å². The molecule has 2 aliphatic rings. The van der Waals surface area contributed by atoms with Gasteiger partial charge in [0.2, 0.25) is 5.95 Å². The van der Waals surface area contributed by atoms with Gasteiger partial charge < -0.3 is 19.5 Å². The molecule has 176 valence electrons. The summed E-state index contributed by atoms with van der Waals surface area (Å²) >= 11 is 0. The van der Waals surface area contributed by atoms with Gasteiger partial charge in [-0.25, -0.2) is 14.8 Å². The Morgan fingerprint density at radius 2 is 1.82 bits per heavy atom. The molecule has 3 aromatic rings. The van der Waals surface area contributed by atoms with Crippen molar-refractivity contribution in [1.29, 1.82) is 0 Å². The van der Waals surface area contributed by atoms with Gasteiger partial charge in [-0.15, -0.1) is 0 Å². The van der Waals surface area contributed by atoms with Crippen molar-refractivity contribution in [2.45, 2.75) is 45.1 Å². The molecule has 0 bridgehead atoms. The molecule has 1 aliphatic carbocycles. The Kier molecular flexibility index (Phi) is 6.09. The minimum atomic E-state index is -0.336. The van der Waals surface area contributed by atoms with Crippen LogP contribution < -0.4 is 14.8 Å². The highest BCUT2D eigenvalue weighted by Crippen LogP contribution is 2.44. The highest BCUT2D eigenvalue weighted by atomic mass is 16.5. The van der Waals surface area contributed by atoms with Crippen LogP contribution in [0.15, 0.2) is 42.2 Å². The number of anilines is 1. The molecule has 0 radical (unpaired) electrons. The van der Waals surface area contributed by atoms with E-state index in [0.29, 0.717) is 23.0 Å². The molecule has 1 N–H and O–H groups in total. The van der Waals surface area contributed by atoms with Crippen LogP contribution in [0, 0.1) is 0 Å². The maximum Gasteiger partial charge on any atom is 0.339 e. The summed E-state index contributed by atoms with van der Waals surface area (Å²) in [6, 6.07) is 5.80. The third-order valence-corrected chi connectivity index (χ3v) is 6.66. The van der Waals surface area contributed by atoms with Crippen molar-refractivity contribution >= 4 is 22.7 Å². The van der Waals surface area contributed by atoms with Gasteiger partial charge in [-0.05, 0) is 68.0 Å². The summed E-state index contributed by atoms with van der Waals surface area (Å²) in [6.45, 7) is 2.68. The van der Waals surface area contributed by atoms with Crippen LogP contribution in [0.3, 0.4) is 0 Å². The molecule has 1 aliphatic heterocycles. The Balaban J connectivity index is 1.51. The number of ether oxygens (including phenoxy) is 3. The van der Waals surface area contributed by atoms with Gasteiger partial charge in [0.15, 0.2) is 11.5 Å². The lowest BCUT2D eigenvalue weighted by molar-refractivity contribution is 0.0422. The monoisotopic (exact) mass is 459 g/mol. The number of carbonyl (C=O) groups excluding carboxylic acids is 1. The van der Waals surface area contributed by atoms with Gasteiger partial charge in [-0.2, -0.15) is 0 Å². The maximum absolute atomic E-state index is 12.8. The van der Waals surface area contributed by atoms with Crippen molar-refractivity contribution < 1.29 is 19.0 Å². The first-order valence-electron chi connectivity index (χ1n) is 11.8. The van der Waals surface area contributed by atoms with Crippen molar-refractivity contribution in [1.82, 2.24) is 9.97 Å². The van der Waals surface area contributed by atoms with Crippen LogP contribution in [0.5, 0.6) is 11.5 Å². The first-order valence-corrected chi connectivity index (χ1v) is 11.8. The summed E-state index contributed by atoms with van der Waals surface area (Å²) in [5.41, 5.74) is 4.42. The zero-order valence-electron chi connectivity index (χ0n) is 19.8. The number of esters is 1.